The molecule has 0 fully saturated rings. The number of unbranched alkanes of at least 4 members (excludes halogenated alkanes) is 16. The molecule has 8 heteroatoms. The van der Waals surface area contributed by atoms with Gasteiger partial charge in [0, 0.05) is 19.3 Å². The predicted octanol–water partition coefficient (Wildman–Crippen LogP) is 9.74. The number of likely N-dealkylation sites (N-methyl/N-ethyl adjacent to an activating group) is 1. The Bertz CT molecular complexity index is 849. The van der Waals surface area contributed by atoms with E-state index in [0.717, 1.165) is 70.6 Å². The largest absolute Gasteiger partial charge is 0.477 e. The average molecular weight is 681 g/mol. The lowest BCUT2D eigenvalue weighted by molar-refractivity contribution is -0.887. The molecule has 0 aromatic heterocycles. The minimum atomic E-state index is -0.880. The second kappa shape index (κ2) is 32.0. The fourth-order valence-corrected chi connectivity index (χ4v) is 5.48. The molecule has 0 saturated heterocycles. The van der Waals surface area contributed by atoms with Gasteiger partial charge in [-0.2, -0.15) is 0 Å². The van der Waals surface area contributed by atoms with E-state index in [4.69, 9.17) is 14.2 Å². The Labute approximate surface area is 294 Å². The lowest BCUT2D eigenvalue weighted by Gasteiger charge is -2.31. The lowest BCUT2D eigenvalue weighted by atomic mass is 10.1. The molecule has 8 nitrogen and oxygen atoms in total. The molecule has 0 heterocycles. The first kappa shape index (κ1) is 45.8. The van der Waals surface area contributed by atoms with Crippen LogP contribution in [-0.4, -0.2) is 80.6 Å². The van der Waals surface area contributed by atoms with Crippen molar-refractivity contribution >= 4 is 17.9 Å². The first-order chi connectivity index (χ1) is 23.1. The maximum absolute atomic E-state index is 12.6. The van der Waals surface area contributed by atoms with Gasteiger partial charge < -0.3 is 23.8 Å². The van der Waals surface area contributed by atoms with Gasteiger partial charge in [0.05, 0.1) is 34.4 Å². The minimum absolute atomic E-state index is 0.0534. The number of esters is 2. The number of carbonyl (C=O) groups excluding carboxylic acids is 2. The summed E-state index contributed by atoms with van der Waals surface area (Å²) in [5, 5.41) is 9.57. The maximum Gasteiger partial charge on any atom is 0.362 e. The van der Waals surface area contributed by atoms with Crippen LogP contribution < -0.4 is 0 Å². The van der Waals surface area contributed by atoms with Crippen LogP contribution in [0.25, 0.3) is 0 Å². The highest BCUT2D eigenvalue weighted by Crippen LogP contribution is 2.13. The van der Waals surface area contributed by atoms with Gasteiger partial charge in [0.1, 0.15) is 6.61 Å². The molecule has 2 atom stereocenters. The third-order valence-corrected chi connectivity index (χ3v) is 8.57. The van der Waals surface area contributed by atoms with Crippen LogP contribution in [0.3, 0.4) is 0 Å². The van der Waals surface area contributed by atoms with Crippen molar-refractivity contribution in [3.8, 4) is 0 Å². The van der Waals surface area contributed by atoms with E-state index in [0.29, 0.717) is 19.3 Å². The van der Waals surface area contributed by atoms with Gasteiger partial charge in [-0.15, -0.1) is 0 Å². The third-order valence-electron chi connectivity index (χ3n) is 8.57. The molecule has 48 heavy (non-hydrogen) atoms. The van der Waals surface area contributed by atoms with Crippen LogP contribution in [0.2, 0.25) is 0 Å². The van der Waals surface area contributed by atoms with E-state index in [1.165, 1.54) is 57.8 Å². The molecule has 0 radical (unpaired) electrons. The topological polar surface area (TPSA) is 99.1 Å². The summed E-state index contributed by atoms with van der Waals surface area (Å²) in [6.07, 6.45) is 32.2. The van der Waals surface area contributed by atoms with Gasteiger partial charge >= 0.3 is 17.9 Å². The van der Waals surface area contributed by atoms with E-state index in [9.17, 15) is 19.5 Å². The first-order valence-electron chi connectivity index (χ1n) is 19.4. The zero-order valence-electron chi connectivity index (χ0n) is 31.7. The SMILES string of the molecule is CCCC/C=C/CCCCCCC(=O)OCC(COCCC(C(=O)O)[N+](C)(C)C)OC(=O)CCCCC/C=C/CCCCCCCCC. The van der Waals surface area contributed by atoms with Crippen molar-refractivity contribution in [1.29, 1.82) is 0 Å². The molecular weight excluding hydrogens is 606 g/mol. The summed E-state index contributed by atoms with van der Waals surface area (Å²) < 4.78 is 17.2. The Kier molecular flexibility index (Phi) is 30.6. The number of allylic oxidation sites excluding steroid dienone is 4. The van der Waals surface area contributed by atoms with Crippen molar-refractivity contribution in [2.45, 2.75) is 174 Å². The van der Waals surface area contributed by atoms with Crippen molar-refractivity contribution in [3.05, 3.63) is 24.3 Å². The molecule has 2 unspecified atom stereocenters. The molecular formula is C40H74NO7+. The van der Waals surface area contributed by atoms with Crippen LogP contribution in [0.15, 0.2) is 24.3 Å². The van der Waals surface area contributed by atoms with Gasteiger partial charge in [-0.05, 0) is 57.8 Å². The summed E-state index contributed by atoms with van der Waals surface area (Å²) in [6.45, 7) is 4.65. The van der Waals surface area contributed by atoms with E-state index in [1.54, 1.807) is 0 Å². The quantitative estimate of drug-likeness (QED) is 0.0313. The van der Waals surface area contributed by atoms with E-state index in [1.807, 2.05) is 21.1 Å². The molecule has 1 N–H and O–H groups in total. The Hall–Kier alpha value is -2.19. The monoisotopic (exact) mass is 681 g/mol. The number of rotatable bonds is 34. The van der Waals surface area contributed by atoms with Crippen molar-refractivity contribution in [2.75, 3.05) is 41.0 Å². The van der Waals surface area contributed by atoms with Crippen molar-refractivity contribution in [2.24, 2.45) is 0 Å². The summed E-state index contributed by atoms with van der Waals surface area (Å²) in [6, 6.07) is -0.615. The van der Waals surface area contributed by atoms with Gasteiger partial charge in [-0.1, -0.05) is 109 Å². The third kappa shape index (κ3) is 29.9. The average Bonchev–Trinajstić information content (AvgIpc) is 3.03. The van der Waals surface area contributed by atoms with E-state index in [2.05, 4.69) is 38.2 Å². The van der Waals surface area contributed by atoms with Crippen molar-refractivity contribution in [1.82, 2.24) is 0 Å². The molecule has 0 aliphatic carbocycles. The lowest BCUT2D eigenvalue weighted by Crippen LogP contribution is -2.50. The zero-order valence-corrected chi connectivity index (χ0v) is 31.7. The minimum Gasteiger partial charge on any atom is -0.477 e. The summed E-state index contributed by atoms with van der Waals surface area (Å²) in [4.78, 5) is 36.7. The molecule has 0 bridgehead atoms. The number of hydrogen-bond donors (Lipinski definition) is 1. The molecule has 0 aliphatic heterocycles. The number of carboxylic acids is 1. The molecule has 0 saturated carbocycles. The smallest absolute Gasteiger partial charge is 0.362 e. The predicted molar refractivity (Wildman–Crippen MR) is 197 cm³/mol. The second-order valence-corrected chi connectivity index (χ2v) is 14.2. The van der Waals surface area contributed by atoms with E-state index >= 15 is 0 Å². The fraction of sp³-hybridized carbons (Fsp3) is 0.825. The number of carbonyl (C=O) groups is 3. The molecule has 0 spiro atoms. The highest BCUT2D eigenvalue weighted by Gasteiger charge is 2.31. The molecule has 0 aromatic rings. The molecule has 280 valence electrons. The van der Waals surface area contributed by atoms with Crippen molar-refractivity contribution < 1.29 is 38.2 Å². The number of hydrogen-bond acceptors (Lipinski definition) is 6. The highest BCUT2D eigenvalue weighted by molar-refractivity contribution is 5.72. The van der Waals surface area contributed by atoms with Crippen LogP contribution in [0.5, 0.6) is 0 Å². The van der Waals surface area contributed by atoms with Gasteiger partial charge in [0.25, 0.3) is 0 Å². The number of aliphatic carboxylic acids is 1. The number of ether oxygens (including phenoxy) is 3. The Morgan fingerprint density at radius 2 is 1.06 bits per heavy atom. The number of carboxylic acid groups (broad SMARTS) is 1. The highest BCUT2D eigenvalue weighted by atomic mass is 16.6. The summed E-state index contributed by atoms with van der Waals surface area (Å²) in [5.41, 5.74) is 0. The number of nitrogens with zero attached hydrogens (tertiary/aromatic N) is 1. The van der Waals surface area contributed by atoms with E-state index in [-0.39, 0.29) is 36.2 Å². The van der Waals surface area contributed by atoms with Gasteiger partial charge in [0.15, 0.2) is 12.1 Å². The standard InChI is InChI=1S/C40H73NO7/c1-6-8-10-12-14-16-18-19-20-21-23-25-27-29-31-39(43)48-36(34-46-33-32-37(40(44)45)41(3,4)5)35-47-38(42)30-28-26-24-22-17-15-13-11-9-7-2/h13,15,20-21,36-37H,6-12,14,16-19,22-35H2,1-5H3/p+1/b15-13+,21-20+. The molecule has 0 rings (SSSR count). The van der Waals surface area contributed by atoms with Crippen LogP contribution in [-0.2, 0) is 28.6 Å². The van der Waals surface area contributed by atoms with Crippen LogP contribution in [0.4, 0.5) is 0 Å². The summed E-state index contributed by atoms with van der Waals surface area (Å²) in [7, 11) is 5.51. The van der Waals surface area contributed by atoms with Gasteiger partial charge in [-0.25, -0.2) is 4.79 Å². The Morgan fingerprint density at radius 1 is 0.604 bits per heavy atom. The maximum atomic E-state index is 12.6. The zero-order chi connectivity index (χ0) is 35.7. The van der Waals surface area contributed by atoms with Gasteiger partial charge in [0.2, 0.25) is 0 Å². The van der Waals surface area contributed by atoms with E-state index < -0.39 is 18.1 Å². The van der Waals surface area contributed by atoms with Crippen LogP contribution in [0.1, 0.15) is 162 Å². The fourth-order valence-electron chi connectivity index (χ4n) is 5.48. The normalized spacial score (nSPS) is 13.3. The Balaban J connectivity index is 4.45. The summed E-state index contributed by atoms with van der Waals surface area (Å²) in [5.74, 6) is -1.51. The first-order valence-corrected chi connectivity index (χ1v) is 19.4. The summed E-state index contributed by atoms with van der Waals surface area (Å²) >= 11 is 0. The van der Waals surface area contributed by atoms with Crippen molar-refractivity contribution in [3.63, 3.8) is 0 Å². The molecule has 0 aromatic carbocycles. The second-order valence-electron chi connectivity index (χ2n) is 14.2. The van der Waals surface area contributed by atoms with Gasteiger partial charge in [-0.3, -0.25) is 9.59 Å². The number of quaternary nitrogens is 1. The molecule has 0 amide bonds. The Morgan fingerprint density at radius 3 is 1.58 bits per heavy atom. The molecule has 0 aliphatic rings. The van der Waals surface area contributed by atoms with Crippen LogP contribution >= 0.6 is 0 Å². The van der Waals surface area contributed by atoms with Crippen LogP contribution in [0, 0.1) is 0 Å².